The van der Waals surface area contributed by atoms with Crippen molar-refractivity contribution in [2.24, 2.45) is 7.05 Å². The zero-order valence-electron chi connectivity index (χ0n) is 13.1. The summed E-state index contributed by atoms with van der Waals surface area (Å²) in [6.07, 6.45) is 5.22. The summed E-state index contributed by atoms with van der Waals surface area (Å²) in [5.41, 5.74) is 4.52. The number of benzene rings is 1. The molecule has 24 heavy (non-hydrogen) atoms. The summed E-state index contributed by atoms with van der Waals surface area (Å²) in [6, 6.07) is 9.77. The van der Waals surface area contributed by atoms with Crippen molar-refractivity contribution in [1.29, 1.82) is 0 Å². The van der Waals surface area contributed by atoms with Crippen LogP contribution >= 0.6 is 0 Å². The second kappa shape index (κ2) is 5.62. The van der Waals surface area contributed by atoms with Gasteiger partial charge in [-0.1, -0.05) is 12.7 Å². The Labute approximate surface area is 138 Å². The molecule has 0 aliphatic heterocycles. The van der Waals surface area contributed by atoms with Gasteiger partial charge < -0.3 is 9.88 Å². The van der Waals surface area contributed by atoms with E-state index in [-0.39, 0.29) is 0 Å². The number of pyridine rings is 1. The predicted molar refractivity (Wildman–Crippen MR) is 93.7 cm³/mol. The van der Waals surface area contributed by atoms with Crippen LogP contribution in [0.1, 0.15) is 5.56 Å². The molecule has 0 saturated carbocycles. The third-order valence-electron chi connectivity index (χ3n) is 3.81. The Balaban J connectivity index is 1.72. The summed E-state index contributed by atoms with van der Waals surface area (Å²) in [5.74, 6) is 1.48. The molecule has 4 aromatic rings. The third-order valence-corrected chi connectivity index (χ3v) is 3.81. The Hall–Kier alpha value is -3.48. The average molecular weight is 317 g/mol. The topological polar surface area (TPSA) is 84.3 Å². The van der Waals surface area contributed by atoms with Crippen LogP contribution in [0.2, 0.25) is 0 Å². The smallest absolute Gasteiger partial charge is 0.178 e. The zero-order valence-corrected chi connectivity index (χ0v) is 13.1. The van der Waals surface area contributed by atoms with E-state index in [4.69, 9.17) is 0 Å². The summed E-state index contributed by atoms with van der Waals surface area (Å²) in [6.45, 7) is 3.90. The second-order valence-electron chi connectivity index (χ2n) is 5.37. The Bertz CT molecular complexity index is 1030. The van der Waals surface area contributed by atoms with Gasteiger partial charge in [0, 0.05) is 24.5 Å². The van der Waals surface area contributed by atoms with Crippen LogP contribution in [0.3, 0.4) is 0 Å². The first-order chi connectivity index (χ1) is 11.8. The van der Waals surface area contributed by atoms with Crippen molar-refractivity contribution in [2.45, 2.75) is 0 Å². The van der Waals surface area contributed by atoms with E-state index in [1.807, 2.05) is 41.9 Å². The highest BCUT2D eigenvalue weighted by Crippen LogP contribution is 2.28. The number of hydrogen-bond acceptors (Lipinski definition) is 5. The number of hydrogen-bond donors (Lipinski definition) is 2. The van der Waals surface area contributed by atoms with Crippen LogP contribution in [0.5, 0.6) is 0 Å². The van der Waals surface area contributed by atoms with Crippen LogP contribution in [0, 0.1) is 0 Å². The largest absolute Gasteiger partial charge is 0.337 e. The molecule has 0 aliphatic carbocycles. The molecule has 3 heterocycles. The number of rotatable bonds is 4. The molecule has 0 spiro atoms. The van der Waals surface area contributed by atoms with Gasteiger partial charge in [-0.2, -0.15) is 5.10 Å². The molecule has 0 fully saturated rings. The molecular formula is C17H15N7. The quantitative estimate of drug-likeness (QED) is 0.604. The van der Waals surface area contributed by atoms with Crippen LogP contribution in [0.25, 0.3) is 28.5 Å². The fraction of sp³-hybridized carbons (Fsp3) is 0.0588. The van der Waals surface area contributed by atoms with Gasteiger partial charge >= 0.3 is 0 Å². The zero-order chi connectivity index (χ0) is 16.5. The molecule has 0 atom stereocenters. The number of nitrogens with one attached hydrogen (secondary N) is 2. The van der Waals surface area contributed by atoms with E-state index in [1.54, 1.807) is 18.6 Å². The highest BCUT2D eigenvalue weighted by molar-refractivity contribution is 5.88. The molecular weight excluding hydrogens is 302 g/mol. The average Bonchev–Trinajstić information content (AvgIpc) is 3.21. The van der Waals surface area contributed by atoms with Crippen molar-refractivity contribution in [3.8, 4) is 11.4 Å². The highest BCUT2D eigenvalue weighted by atomic mass is 15.2. The van der Waals surface area contributed by atoms with Gasteiger partial charge in [-0.3, -0.25) is 10.1 Å². The first-order valence-electron chi connectivity index (χ1n) is 7.43. The molecule has 3 aromatic heterocycles. The minimum atomic E-state index is 0.687. The highest BCUT2D eigenvalue weighted by Gasteiger charge is 2.11. The van der Waals surface area contributed by atoms with Gasteiger partial charge in [-0.25, -0.2) is 0 Å². The number of H-pyrrole nitrogens is 1. The van der Waals surface area contributed by atoms with Gasteiger partial charge in [-0.15, -0.1) is 10.2 Å². The lowest BCUT2D eigenvalue weighted by Gasteiger charge is -2.09. The maximum Gasteiger partial charge on any atom is 0.178 e. The Morgan fingerprint density at radius 3 is 3.00 bits per heavy atom. The summed E-state index contributed by atoms with van der Waals surface area (Å²) in [7, 11) is 1.91. The maximum absolute atomic E-state index is 4.35. The fourth-order valence-corrected chi connectivity index (χ4v) is 2.62. The van der Waals surface area contributed by atoms with E-state index in [0.29, 0.717) is 5.82 Å². The summed E-state index contributed by atoms with van der Waals surface area (Å²) in [4.78, 5) is 4.35. The molecule has 7 nitrogen and oxygen atoms in total. The third kappa shape index (κ3) is 2.32. The minimum absolute atomic E-state index is 0.687. The van der Waals surface area contributed by atoms with Crippen molar-refractivity contribution in [3.63, 3.8) is 0 Å². The number of anilines is 2. The number of fused-ring (bicyclic) bond motifs is 1. The fourth-order valence-electron chi connectivity index (χ4n) is 2.62. The van der Waals surface area contributed by atoms with Crippen LogP contribution in [0.15, 0.2) is 49.4 Å². The number of aromatic nitrogens is 6. The van der Waals surface area contributed by atoms with Gasteiger partial charge in [0.05, 0.1) is 5.52 Å². The lowest BCUT2D eigenvalue weighted by Crippen LogP contribution is -1.96. The first kappa shape index (κ1) is 14.1. The summed E-state index contributed by atoms with van der Waals surface area (Å²) < 4.78 is 1.88. The Kier molecular flexibility index (Phi) is 3.31. The standard InChI is InChI=1S/C17H15N7/c1-3-11-9-12(6-7-13(11)17-23-19-10-24(17)2)20-16-15-14(21-22-16)5-4-8-18-15/h3-10H,1H2,2H3,(H2,20,21,22). The molecule has 0 amide bonds. The summed E-state index contributed by atoms with van der Waals surface area (Å²) in [5, 5.41) is 18.6. The van der Waals surface area contributed by atoms with Gasteiger partial charge in [-0.05, 0) is 35.9 Å². The Morgan fingerprint density at radius 2 is 2.21 bits per heavy atom. The van der Waals surface area contributed by atoms with E-state index in [0.717, 1.165) is 33.7 Å². The molecule has 0 unspecified atom stereocenters. The number of aryl methyl sites for hydroxylation is 1. The van der Waals surface area contributed by atoms with Gasteiger partial charge in [0.15, 0.2) is 11.6 Å². The van der Waals surface area contributed by atoms with Crippen molar-refractivity contribution in [3.05, 3.63) is 55.0 Å². The van der Waals surface area contributed by atoms with E-state index < -0.39 is 0 Å². The molecule has 0 bridgehead atoms. The normalized spacial score (nSPS) is 10.9. The molecule has 118 valence electrons. The van der Waals surface area contributed by atoms with E-state index in [2.05, 4.69) is 37.3 Å². The lowest BCUT2D eigenvalue weighted by atomic mass is 10.1. The second-order valence-corrected chi connectivity index (χ2v) is 5.37. The molecule has 1 aromatic carbocycles. The van der Waals surface area contributed by atoms with Gasteiger partial charge in [0.2, 0.25) is 0 Å². The monoisotopic (exact) mass is 317 g/mol. The van der Waals surface area contributed by atoms with Crippen LogP contribution < -0.4 is 5.32 Å². The Morgan fingerprint density at radius 1 is 1.29 bits per heavy atom. The van der Waals surface area contributed by atoms with Crippen molar-refractivity contribution >= 4 is 28.6 Å². The van der Waals surface area contributed by atoms with E-state index >= 15 is 0 Å². The van der Waals surface area contributed by atoms with Crippen LogP contribution in [0.4, 0.5) is 11.5 Å². The van der Waals surface area contributed by atoms with E-state index in [1.165, 1.54) is 0 Å². The van der Waals surface area contributed by atoms with Crippen molar-refractivity contribution in [1.82, 2.24) is 29.9 Å². The van der Waals surface area contributed by atoms with Crippen LogP contribution in [-0.4, -0.2) is 29.9 Å². The van der Waals surface area contributed by atoms with E-state index in [9.17, 15) is 0 Å². The SMILES string of the molecule is C=Cc1cc(Nc2n[nH]c3cccnc23)ccc1-c1nncn1C. The first-order valence-corrected chi connectivity index (χ1v) is 7.43. The minimum Gasteiger partial charge on any atom is -0.337 e. The van der Waals surface area contributed by atoms with Gasteiger partial charge in [0.1, 0.15) is 11.8 Å². The molecule has 0 saturated heterocycles. The molecule has 2 N–H and O–H groups in total. The maximum atomic E-state index is 4.35. The molecule has 0 aliphatic rings. The summed E-state index contributed by atoms with van der Waals surface area (Å²) >= 11 is 0. The van der Waals surface area contributed by atoms with Gasteiger partial charge in [0.25, 0.3) is 0 Å². The number of nitrogens with zero attached hydrogens (tertiary/aromatic N) is 5. The number of aromatic amines is 1. The van der Waals surface area contributed by atoms with Crippen LogP contribution in [-0.2, 0) is 7.05 Å². The van der Waals surface area contributed by atoms with Crippen molar-refractivity contribution < 1.29 is 0 Å². The molecule has 7 heteroatoms. The predicted octanol–water partition coefficient (Wildman–Crippen LogP) is 3.14. The molecule has 4 rings (SSSR count). The molecule has 0 radical (unpaired) electrons. The lowest BCUT2D eigenvalue weighted by molar-refractivity contribution is 0.919. The van der Waals surface area contributed by atoms with Crippen molar-refractivity contribution in [2.75, 3.05) is 5.32 Å².